The molecule has 0 radical (unpaired) electrons. The molecule has 0 fully saturated rings. The number of nitrogens with one attached hydrogen (secondary N) is 3. The maximum Gasteiger partial charge on any atom is 0.331 e. The Kier molecular flexibility index (Phi) is 14.8. The fraction of sp³-hybridized carbons (Fsp3) is 0.783. The predicted molar refractivity (Wildman–Crippen MR) is 124 cm³/mol. The summed E-state index contributed by atoms with van der Waals surface area (Å²) >= 11 is 0. The summed E-state index contributed by atoms with van der Waals surface area (Å²) in [5.74, 6) is -3.77. The second-order valence-electron chi connectivity index (χ2n) is 9.53. The van der Waals surface area contributed by atoms with Gasteiger partial charge in [0, 0.05) is 0 Å². The van der Waals surface area contributed by atoms with E-state index in [4.69, 9.17) is 9.47 Å². The van der Waals surface area contributed by atoms with E-state index in [-0.39, 0.29) is 30.6 Å². The molecule has 4 N–H and O–H groups in total. The zero-order chi connectivity index (χ0) is 26.4. The van der Waals surface area contributed by atoms with Crippen molar-refractivity contribution in [1.82, 2.24) is 16.0 Å². The van der Waals surface area contributed by atoms with E-state index in [9.17, 15) is 29.1 Å². The molecule has 0 saturated heterocycles. The lowest BCUT2D eigenvalue weighted by atomic mass is 10.0. The molecule has 11 heteroatoms. The Hall–Kier alpha value is -2.69. The molecule has 0 heterocycles. The van der Waals surface area contributed by atoms with Crippen LogP contribution in [0.5, 0.6) is 0 Å². The number of carboxylic acids is 1. The Bertz CT molecular complexity index is 694. The molecule has 0 aromatic carbocycles. The number of aliphatic carboxylic acids is 1. The highest BCUT2D eigenvalue weighted by molar-refractivity contribution is 5.99. The van der Waals surface area contributed by atoms with Crippen molar-refractivity contribution >= 4 is 29.7 Å². The molecule has 11 nitrogen and oxygen atoms in total. The summed E-state index contributed by atoms with van der Waals surface area (Å²) < 4.78 is 10.0. The van der Waals surface area contributed by atoms with Gasteiger partial charge in [0.2, 0.25) is 18.6 Å². The summed E-state index contributed by atoms with van der Waals surface area (Å²) in [7, 11) is 1.63. The van der Waals surface area contributed by atoms with Crippen molar-refractivity contribution in [3.63, 3.8) is 0 Å². The molecular weight excluding hydrogens is 446 g/mol. The van der Waals surface area contributed by atoms with Crippen LogP contribution in [0.25, 0.3) is 0 Å². The minimum Gasteiger partial charge on any atom is -0.480 e. The number of ether oxygens (including phenoxy) is 2. The lowest BCUT2D eigenvalue weighted by molar-refractivity contribution is -0.171. The van der Waals surface area contributed by atoms with E-state index >= 15 is 0 Å². The van der Waals surface area contributed by atoms with E-state index in [2.05, 4.69) is 16.0 Å². The highest BCUT2D eigenvalue weighted by Crippen LogP contribution is 2.09. The van der Waals surface area contributed by atoms with Crippen LogP contribution in [0.2, 0.25) is 0 Å². The smallest absolute Gasteiger partial charge is 0.331 e. The average molecular weight is 488 g/mol. The molecular formula is C23H41N3O8. The fourth-order valence-corrected chi connectivity index (χ4v) is 3.17. The summed E-state index contributed by atoms with van der Waals surface area (Å²) in [6, 6.07) is -2.70. The number of carboxylic acid groups (broad SMARTS) is 1. The van der Waals surface area contributed by atoms with E-state index in [1.165, 1.54) is 0 Å². The monoisotopic (exact) mass is 487 g/mol. The molecule has 34 heavy (non-hydrogen) atoms. The molecule has 0 saturated carbocycles. The minimum absolute atomic E-state index is 0.0105. The average Bonchev–Trinajstić information content (AvgIpc) is 2.69. The number of hydrogen-bond donors (Lipinski definition) is 4. The number of carbonyl (C=O) groups excluding carboxylic acids is 4. The first-order valence-corrected chi connectivity index (χ1v) is 11.6. The van der Waals surface area contributed by atoms with Crippen molar-refractivity contribution in [2.45, 2.75) is 85.4 Å². The van der Waals surface area contributed by atoms with Gasteiger partial charge in [0.25, 0.3) is 0 Å². The van der Waals surface area contributed by atoms with Crippen LogP contribution in [0, 0.1) is 17.8 Å². The molecule has 3 unspecified atom stereocenters. The molecule has 0 aromatic rings. The normalized spacial score (nSPS) is 13.8. The van der Waals surface area contributed by atoms with E-state index in [0.29, 0.717) is 6.42 Å². The fourth-order valence-electron chi connectivity index (χ4n) is 3.17. The Labute approximate surface area is 201 Å². The molecule has 0 spiro atoms. The van der Waals surface area contributed by atoms with Gasteiger partial charge in [0.05, 0.1) is 0 Å². The summed E-state index contributed by atoms with van der Waals surface area (Å²) in [6.07, 6.45) is 0.363. The Morgan fingerprint density at radius 3 is 1.47 bits per heavy atom. The molecule has 0 rings (SSSR count). The first-order valence-electron chi connectivity index (χ1n) is 11.6. The van der Waals surface area contributed by atoms with Crippen molar-refractivity contribution < 1.29 is 38.6 Å². The van der Waals surface area contributed by atoms with Gasteiger partial charge in [-0.1, -0.05) is 41.5 Å². The summed E-state index contributed by atoms with van der Waals surface area (Å²) in [6.45, 7) is 10.6. The number of hydrogen-bond acceptors (Lipinski definition) is 8. The van der Waals surface area contributed by atoms with E-state index in [0.717, 1.165) is 0 Å². The van der Waals surface area contributed by atoms with E-state index < -0.39 is 61.1 Å². The van der Waals surface area contributed by atoms with Gasteiger partial charge in [0.15, 0.2) is 0 Å². The van der Waals surface area contributed by atoms with E-state index in [1.807, 2.05) is 41.5 Å². The number of esters is 2. The van der Waals surface area contributed by atoms with Crippen LogP contribution >= 0.6 is 0 Å². The van der Waals surface area contributed by atoms with Gasteiger partial charge >= 0.3 is 17.9 Å². The van der Waals surface area contributed by atoms with E-state index in [1.54, 1.807) is 7.05 Å². The highest BCUT2D eigenvalue weighted by Gasteiger charge is 2.27. The summed E-state index contributed by atoms with van der Waals surface area (Å²) in [5, 5.41) is 16.8. The van der Waals surface area contributed by atoms with Crippen molar-refractivity contribution in [2.75, 3.05) is 13.8 Å². The van der Waals surface area contributed by atoms with Crippen LogP contribution in [-0.2, 0) is 33.4 Å². The van der Waals surface area contributed by atoms with Gasteiger partial charge in [-0.05, 0) is 44.1 Å². The standard InChI is InChI=1S/C23H41N3O8/c1-13(2)8-16(21(29)30)25-19(27)11-20(28)26-18(10-15(5)6)23(32)34-12-33-22(31)17(24-7)9-14(3)4/h13-18,24H,8-12H2,1-7H3,(H,25,27)(H,26,28)(H,29,30). The quantitative estimate of drug-likeness (QED) is 0.142. The number of amides is 2. The first kappa shape index (κ1) is 31.3. The van der Waals surface area contributed by atoms with Crippen molar-refractivity contribution in [3.8, 4) is 0 Å². The third-order valence-electron chi connectivity index (χ3n) is 4.73. The summed E-state index contributed by atoms with van der Waals surface area (Å²) in [4.78, 5) is 60.3. The maximum atomic E-state index is 12.5. The van der Waals surface area contributed by atoms with Gasteiger partial charge in [-0.25, -0.2) is 9.59 Å². The molecule has 3 atom stereocenters. The Morgan fingerprint density at radius 1 is 0.676 bits per heavy atom. The number of likely N-dealkylation sites (N-methyl/N-ethyl adjacent to an activating group) is 1. The number of carbonyl (C=O) groups is 5. The van der Waals surface area contributed by atoms with Gasteiger partial charge in [-0.3, -0.25) is 14.4 Å². The molecule has 196 valence electrons. The Morgan fingerprint density at radius 2 is 1.06 bits per heavy atom. The maximum absolute atomic E-state index is 12.5. The van der Waals surface area contributed by atoms with Crippen LogP contribution in [0.1, 0.15) is 67.2 Å². The highest BCUT2D eigenvalue weighted by atomic mass is 16.7. The lowest BCUT2D eigenvalue weighted by Crippen LogP contribution is -2.47. The minimum atomic E-state index is -1.19. The molecule has 0 bridgehead atoms. The molecule has 2 amide bonds. The molecule has 0 aliphatic carbocycles. The molecule has 0 aliphatic heterocycles. The van der Waals surface area contributed by atoms with Gasteiger partial charge < -0.3 is 30.5 Å². The predicted octanol–water partition coefficient (Wildman–Crippen LogP) is 1.20. The van der Waals surface area contributed by atoms with Crippen molar-refractivity contribution in [3.05, 3.63) is 0 Å². The second kappa shape index (κ2) is 16.0. The molecule has 0 aromatic heterocycles. The third-order valence-corrected chi connectivity index (χ3v) is 4.73. The third kappa shape index (κ3) is 13.8. The Balaban J connectivity index is 4.85. The van der Waals surface area contributed by atoms with Crippen LogP contribution < -0.4 is 16.0 Å². The van der Waals surface area contributed by atoms with Crippen molar-refractivity contribution in [1.29, 1.82) is 0 Å². The topological polar surface area (TPSA) is 160 Å². The van der Waals surface area contributed by atoms with Gasteiger partial charge in [0.1, 0.15) is 24.5 Å². The van der Waals surface area contributed by atoms with Gasteiger partial charge in [-0.15, -0.1) is 0 Å². The van der Waals surface area contributed by atoms with Crippen LogP contribution in [0.4, 0.5) is 0 Å². The zero-order valence-corrected chi connectivity index (χ0v) is 21.3. The second-order valence-corrected chi connectivity index (χ2v) is 9.53. The summed E-state index contributed by atoms with van der Waals surface area (Å²) in [5.41, 5.74) is 0. The molecule has 0 aliphatic rings. The van der Waals surface area contributed by atoms with Gasteiger partial charge in [-0.2, -0.15) is 0 Å². The zero-order valence-electron chi connectivity index (χ0n) is 21.3. The SMILES string of the molecule is CNC(CC(C)C)C(=O)OCOC(=O)C(CC(C)C)NC(=O)CC(=O)NC(CC(C)C)C(=O)O. The largest absolute Gasteiger partial charge is 0.480 e. The van der Waals surface area contributed by atoms with Crippen molar-refractivity contribution in [2.24, 2.45) is 17.8 Å². The van der Waals surface area contributed by atoms with Crippen LogP contribution in [-0.4, -0.2) is 66.8 Å². The van der Waals surface area contributed by atoms with Crippen LogP contribution in [0.15, 0.2) is 0 Å². The first-order chi connectivity index (χ1) is 15.8. The number of rotatable bonds is 16. The van der Waals surface area contributed by atoms with Crippen LogP contribution in [0.3, 0.4) is 0 Å². The lowest BCUT2D eigenvalue weighted by Gasteiger charge is -2.21.